The van der Waals surface area contributed by atoms with Crippen LogP contribution in [0.15, 0.2) is 24.3 Å². The fourth-order valence-corrected chi connectivity index (χ4v) is 3.87. The molecule has 1 fully saturated rings. The molecule has 5 heteroatoms. The molecule has 5 nitrogen and oxygen atoms in total. The van der Waals surface area contributed by atoms with E-state index in [4.69, 9.17) is 4.74 Å². The summed E-state index contributed by atoms with van der Waals surface area (Å²) in [7, 11) is 2.00. The summed E-state index contributed by atoms with van der Waals surface area (Å²) in [6, 6.07) is 8.27. The number of benzene rings is 1. The second kappa shape index (κ2) is 7.58. The van der Waals surface area contributed by atoms with Gasteiger partial charge < -0.3 is 9.84 Å². The molecule has 25 heavy (non-hydrogen) atoms. The van der Waals surface area contributed by atoms with E-state index in [1.165, 1.54) is 11.3 Å². The van der Waals surface area contributed by atoms with Crippen molar-refractivity contribution in [1.82, 2.24) is 14.7 Å². The Hall–Kier alpha value is -1.85. The number of nitrogens with zero attached hydrogens (tertiary/aromatic N) is 3. The molecular formula is C20H29N3O2. The van der Waals surface area contributed by atoms with Gasteiger partial charge >= 0.3 is 0 Å². The van der Waals surface area contributed by atoms with Gasteiger partial charge in [0.05, 0.1) is 5.69 Å². The predicted octanol–water partition coefficient (Wildman–Crippen LogP) is 2.92. The quantitative estimate of drug-likeness (QED) is 0.876. The normalized spacial score (nSPS) is 19.3. The van der Waals surface area contributed by atoms with E-state index in [1.54, 1.807) is 0 Å². The second-order valence-electron chi connectivity index (χ2n) is 7.09. The summed E-state index contributed by atoms with van der Waals surface area (Å²) in [5.74, 6) is 0.846. The van der Waals surface area contributed by atoms with Crippen LogP contribution >= 0.6 is 0 Å². The van der Waals surface area contributed by atoms with Crippen molar-refractivity contribution in [3.8, 4) is 5.75 Å². The van der Waals surface area contributed by atoms with Crippen LogP contribution in [0.2, 0.25) is 0 Å². The van der Waals surface area contributed by atoms with Crippen LogP contribution in [0.4, 0.5) is 0 Å². The molecule has 3 rings (SSSR count). The summed E-state index contributed by atoms with van der Waals surface area (Å²) in [5, 5.41) is 15.0. The first kappa shape index (κ1) is 18.0. The van der Waals surface area contributed by atoms with Gasteiger partial charge in [-0.3, -0.25) is 9.58 Å². The Bertz CT molecular complexity index is 726. The molecule has 0 aliphatic carbocycles. The maximum Gasteiger partial charge on any atom is 0.122 e. The summed E-state index contributed by atoms with van der Waals surface area (Å²) in [5.41, 5.74) is 4.74. The van der Waals surface area contributed by atoms with Crippen LogP contribution in [-0.2, 0) is 7.05 Å². The largest absolute Gasteiger partial charge is 0.491 e. The van der Waals surface area contributed by atoms with Crippen LogP contribution in [0.3, 0.4) is 0 Å². The maximum atomic E-state index is 10.5. The molecule has 1 saturated heterocycles. The van der Waals surface area contributed by atoms with Crippen LogP contribution in [0.5, 0.6) is 5.75 Å². The molecule has 0 saturated carbocycles. The van der Waals surface area contributed by atoms with E-state index in [1.807, 2.05) is 42.9 Å². The van der Waals surface area contributed by atoms with Crippen LogP contribution in [-0.4, -0.2) is 45.6 Å². The molecule has 0 bridgehead atoms. The van der Waals surface area contributed by atoms with E-state index in [0.29, 0.717) is 19.2 Å². The molecule has 1 aliphatic heterocycles. The van der Waals surface area contributed by atoms with Gasteiger partial charge in [0.2, 0.25) is 0 Å². The highest BCUT2D eigenvalue weighted by Gasteiger charge is 2.31. The van der Waals surface area contributed by atoms with Crippen molar-refractivity contribution in [3.63, 3.8) is 0 Å². The Labute approximate surface area is 150 Å². The lowest BCUT2D eigenvalue weighted by Crippen LogP contribution is -2.35. The lowest BCUT2D eigenvalue weighted by atomic mass is 10.0. The Balaban J connectivity index is 1.62. The van der Waals surface area contributed by atoms with Crippen molar-refractivity contribution in [2.75, 3.05) is 19.7 Å². The third-order valence-corrected chi connectivity index (χ3v) is 5.23. The van der Waals surface area contributed by atoms with Gasteiger partial charge in [-0.05, 0) is 51.8 Å². The Morgan fingerprint density at radius 2 is 2.04 bits per heavy atom. The van der Waals surface area contributed by atoms with E-state index in [-0.39, 0.29) is 0 Å². The summed E-state index contributed by atoms with van der Waals surface area (Å²) in [6.45, 7) is 8.19. The zero-order valence-electron chi connectivity index (χ0n) is 15.7. The molecule has 1 N–H and O–H groups in total. The SMILES string of the molecule is Cc1ccccc1OC[C@H](O)CN1CCC[C@H]1c1c(C)nn(C)c1C. The number of ether oxygens (including phenoxy) is 1. The number of rotatable bonds is 6. The van der Waals surface area contributed by atoms with Crippen molar-refractivity contribution >= 4 is 0 Å². The Kier molecular flexibility index (Phi) is 5.45. The van der Waals surface area contributed by atoms with E-state index < -0.39 is 6.10 Å². The highest BCUT2D eigenvalue weighted by molar-refractivity contribution is 5.32. The smallest absolute Gasteiger partial charge is 0.122 e. The average Bonchev–Trinajstić information content (AvgIpc) is 3.11. The zero-order valence-corrected chi connectivity index (χ0v) is 15.7. The lowest BCUT2D eigenvalue weighted by molar-refractivity contribution is 0.0634. The standard InChI is InChI=1S/C20H29N3O2/c1-14-8-5-6-10-19(14)25-13-17(24)12-23-11-7-9-18(23)20-15(2)21-22(4)16(20)3/h5-6,8,10,17-18,24H,7,9,11-13H2,1-4H3/t17-,18+/m1/s1. The highest BCUT2D eigenvalue weighted by atomic mass is 16.5. The van der Waals surface area contributed by atoms with Gasteiger partial charge in [-0.15, -0.1) is 0 Å². The minimum Gasteiger partial charge on any atom is -0.491 e. The van der Waals surface area contributed by atoms with E-state index in [2.05, 4.69) is 23.8 Å². The van der Waals surface area contributed by atoms with Gasteiger partial charge in [-0.25, -0.2) is 0 Å². The first-order valence-corrected chi connectivity index (χ1v) is 9.08. The fourth-order valence-electron chi connectivity index (χ4n) is 3.87. The molecule has 2 heterocycles. The lowest BCUT2D eigenvalue weighted by Gasteiger charge is -2.27. The fraction of sp³-hybridized carbons (Fsp3) is 0.550. The van der Waals surface area contributed by atoms with Crippen LogP contribution in [0.25, 0.3) is 0 Å². The summed E-state index contributed by atoms with van der Waals surface area (Å²) < 4.78 is 7.77. The minimum atomic E-state index is -0.502. The van der Waals surface area contributed by atoms with Crippen molar-refractivity contribution in [1.29, 1.82) is 0 Å². The number of aryl methyl sites for hydroxylation is 3. The molecule has 136 valence electrons. The third-order valence-electron chi connectivity index (χ3n) is 5.23. The van der Waals surface area contributed by atoms with Gasteiger partial charge in [-0.2, -0.15) is 5.10 Å². The minimum absolute atomic E-state index is 0.319. The number of hydrogen-bond donors (Lipinski definition) is 1. The van der Waals surface area contributed by atoms with E-state index >= 15 is 0 Å². The molecule has 0 radical (unpaired) electrons. The number of aliphatic hydroxyl groups excluding tert-OH is 1. The number of hydrogen-bond acceptors (Lipinski definition) is 4. The average molecular weight is 343 g/mol. The van der Waals surface area contributed by atoms with E-state index in [9.17, 15) is 5.11 Å². The first-order valence-electron chi connectivity index (χ1n) is 9.08. The molecular weight excluding hydrogens is 314 g/mol. The number of para-hydroxylation sites is 1. The predicted molar refractivity (Wildman–Crippen MR) is 98.9 cm³/mol. The molecule has 0 unspecified atom stereocenters. The number of β-amino-alcohol motifs (C(OH)–C–C–N with tert-alkyl or cyclic N) is 1. The van der Waals surface area contributed by atoms with Crippen molar-refractivity contribution < 1.29 is 9.84 Å². The molecule has 0 spiro atoms. The third kappa shape index (κ3) is 3.88. The highest BCUT2D eigenvalue weighted by Crippen LogP contribution is 2.35. The summed E-state index contributed by atoms with van der Waals surface area (Å²) in [6.07, 6.45) is 1.78. The number of aliphatic hydroxyl groups is 1. The Morgan fingerprint density at radius 3 is 2.72 bits per heavy atom. The molecule has 1 aromatic heterocycles. The molecule has 0 amide bonds. The molecule has 1 aromatic carbocycles. The van der Waals surface area contributed by atoms with Crippen molar-refractivity contribution in [3.05, 3.63) is 46.8 Å². The van der Waals surface area contributed by atoms with Crippen LogP contribution in [0.1, 0.15) is 41.4 Å². The monoisotopic (exact) mass is 343 g/mol. The van der Waals surface area contributed by atoms with E-state index in [0.717, 1.165) is 36.4 Å². The summed E-state index contributed by atoms with van der Waals surface area (Å²) >= 11 is 0. The van der Waals surface area contributed by atoms with Crippen molar-refractivity contribution in [2.24, 2.45) is 7.05 Å². The molecule has 2 atom stereocenters. The van der Waals surface area contributed by atoms with Crippen LogP contribution < -0.4 is 4.74 Å². The topological polar surface area (TPSA) is 50.5 Å². The molecule has 2 aromatic rings. The Morgan fingerprint density at radius 1 is 1.28 bits per heavy atom. The van der Waals surface area contributed by atoms with Gasteiger partial charge in [0, 0.05) is 30.9 Å². The van der Waals surface area contributed by atoms with Gasteiger partial charge in [0.25, 0.3) is 0 Å². The second-order valence-corrected chi connectivity index (χ2v) is 7.09. The first-order chi connectivity index (χ1) is 12.0. The number of aromatic nitrogens is 2. The summed E-state index contributed by atoms with van der Waals surface area (Å²) in [4.78, 5) is 2.38. The molecule has 1 aliphatic rings. The zero-order chi connectivity index (χ0) is 18.0. The number of likely N-dealkylation sites (tertiary alicyclic amines) is 1. The van der Waals surface area contributed by atoms with Gasteiger partial charge in [-0.1, -0.05) is 18.2 Å². The van der Waals surface area contributed by atoms with Gasteiger partial charge in [0.1, 0.15) is 18.5 Å². The maximum absolute atomic E-state index is 10.5. The van der Waals surface area contributed by atoms with Crippen LogP contribution in [0, 0.1) is 20.8 Å². The van der Waals surface area contributed by atoms with Crippen molar-refractivity contribution in [2.45, 2.75) is 45.8 Å². The van der Waals surface area contributed by atoms with Gasteiger partial charge in [0.15, 0.2) is 0 Å².